The lowest BCUT2D eigenvalue weighted by atomic mass is 10.0. The van der Waals surface area contributed by atoms with Gasteiger partial charge in [0.05, 0.1) is 30.0 Å². The number of nitrogens with zero attached hydrogens (tertiary/aromatic N) is 2. The lowest BCUT2D eigenvalue weighted by Gasteiger charge is -2.35. The number of halogens is 1. The molecule has 1 saturated heterocycles. The van der Waals surface area contributed by atoms with Crippen molar-refractivity contribution < 1.29 is 18.7 Å². The van der Waals surface area contributed by atoms with Gasteiger partial charge in [-0.25, -0.2) is 9.37 Å². The van der Waals surface area contributed by atoms with Gasteiger partial charge >= 0.3 is 0 Å². The number of nitrogens with one attached hydrogen (secondary N) is 1. The first-order valence-corrected chi connectivity index (χ1v) is 11.5. The van der Waals surface area contributed by atoms with Crippen LogP contribution in [0.25, 0.3) is 0 Å². The summed E-state index contributed by atoms with van der Waals surface area (Å²) in [6, 6.07) is 13.5. The van der Waals surface area contributed by atoms with Crippen molar-refractivity contribution in [2.75, 3.05) is 32.8 Å². The van der Waals surface area contributed by atoms with Gasteiger partial charge in [0, 0.05) is 30.6 Å². The molecule has 2 aromatic carbocycles. The molecule has 0 spiro atoms. The number of hydrogen-bond acceptors (Lipinski definition) is 6. The lowest BCUT2D eigenvalue weighted by molar-refractivity contribution is 0.0162. The second kappa shape index (κ2) is 10.7. The number of hydrogen-bond donors (Lipinski definition) is 1. The third kappa shape index (κ3) is 5.91. The van der Waals surface area contributed by atoms with Crippen LogP contribution in [-0.2, 0) is 11.3 Å². The van der Waals surface area contributed by atoms with Crippen LogP contribution in [0.15, 0.2) is 53.9 Å². The molecule has 168 valence electrons. The summed E-state index contributed by atoms with van der Waals surface area (Å²) in [7, 11) is 0. The van der Waals surface area contributed by atoms with Gasteiger partial charge < -0.3 is 14.8 Å². The van der Waals surface area contributed by atoms with Crippen molar-refractivity contribution in [3.8, 4) is 5.75 Å². The number of rotatable bonds is 8. The first-order valence-electron chi connectivity index (χ1n) is 10.6. The van der Waals surface area contributed by atoms with E-state index in [2.05, 4.69) is 15.2 Å². The summed E-state index contributed by atoms with van der Waals surface area (Å²) in [6.07, 6.45) is 0. The molecule has 1 unspecified atom stereocenters. The Morgan fingerprint density at radius 1 is 1.25 bits per heavy atom. The number of aromatic nitrogens is 1. The Labute approximate surface area is 191 Å². The van der Waals surface area contributed by atoms with Crippen LogP contribution in [0.2, 0.25) is 0 Å². The number of carbonyl (C=O) groups excluding carboxylic acids is 1. The molecule has 3 aromatic rings. The van der Waals surface area contributed by atoms with Gasteiger partial charge in [0.2, 0.25) is 0 Å². The highest BCUT2D eigenvalue weighted by molar-refractivity contribution is 7.09. The van der Waals surface area contributed by atoms with Gasteiger partial charge in [0.25, 0.3) is 5.91 Å². The summed E-state index contributed by atoms with van der Waals surface area (Å²) in [6.45, 7) is 5.38. The van der Waals surface area contributed by atoms with Gasteiger partial charge in [0.15, 0.2) is 0 Å². The summed E-state index contributed by atoms with van der Waals surface area (Å²) >= 11 is 1.58. The molecule has 1 aliphatic rings. The zero-order valence-corrected chi connectivity index (χ0v) is 18.7. The zero-order chi connectivity index (χ0) is 22.3. The first-order chi connectivity index (χ1) is 15.6. The van der Waals surface area contributed by atoms with E-state index in [0.717, 1.165) is 29.4 Å². The van der Waals surface area contributed by atoms with Crippen LogP contribution < -0.4 is 10.1 Å². The maximum atomic E-state index is 13.9. The highest BCUT2D eigenvalue weighted by Gasteiger charge is 2.24. The fourth-order valence-electron chi connectivity index (χ4n) is 3.71. The number of ether oxygens (including phenoxy) is 2. The van der Waals surface area contributed by atoms with E-state index in [1.165, 1.54) is 12.1 Å². The van der Waals surface area contributed by atoms with Crippen molar-refractivity contribution >= 4 is 17.2 Å². The van der Waals surface area contributed by atoms with Gasteiger partial charge in [-0.15, -0.1) is 11.3 Å². The minimum Gasteiger partial charge on any atom is -0.487 e. The molecule has 4 rings (SSSR count). The van der Waals surface area contributed by atoms with E-state index in [0.29, 0.717) is 37.7 Å². The third-order valence-electron chi connectivity index (χ3n) is 5.33. The Morgan fingerprint density at radius 2 is 2.06 bits per heavy atom. The van der Waals surface area contributed by atoms with Crippen molar-refractivity contribution in [2.24, 2.45) is 0 Å². The fraction of sp³-hybridized carbons (Fsp3) is 0.333. The number of aryl methyl sites for hydroxylation is 1. The molecular weight excluding hydrogens is 429 g/mol. The maximum absolute atomic E-state index is 13.9. The molecule has 0 radical (unpaired) electrons. The van der Waals surface area contributed by atoms with Crippen LogP contribution in [-0.4, -0.2) is 48.6 Å². The standard InChI is InChI=1S/C24H26FN3O3S/c1-17-27-21(16-32-17)15-31-22-7-3-5-19(13-22)24(29)26-14-23(28-8-10-30-11-9-28)18-4-2-6-20(25)12-18/h2-7,12-13,16,23H,8-11,14-15H2,1H3,(H,26,29). The van der Waals surface area contributed by atoms with Crippen LogP contribution in [0.3, 0.4) is 0 Å². The van der Waals surface area contributed by atoms with E-state index >= 15 is 0 Å². The Kier molecular flexibility index (Phi) is 7.47. The number of amides is 1. The van der Waals surface area contributed by atoms with Crippen molar-refractivity contribution in [3.05, 3.63) is 81.6 Å². The predicted octanol–water partition coefficient (Wildman–Crippen LogP) is 3.97. The van der Waals surface area contributed by atoms with E-state index in [9.17, 15) is 9.18 Å². The lowest BCUT2D eigenvalue weighted by Crippen LogP contribution is -2.43. The highest BCUT2D eigenvalue weighted by atomic mass is 32.1. The molecule has 8 heteroatoms. The van der Waals surface area contributed by atoms with Gasteiger partial charge in [0.1, 0.15) is 18.2 Å². The minimum absolute atomic E-state index is 0.133. The number of benzene rings is 2. The van der Waals surface area contributed by atoms with Crippen molar-refractivity contribution in [3.63, 3.8) is 0 Å². The summed E-state index contributed by atoms with van der Waals surface area (Å²) in [5.74, 6) is 0.125. The van der Waals surface area contributed by atoms with E-state index in [-0.39, 0.29) is 17.8 Å². The van der Waals surface area contributed by atoms with Gasteiger partial charge in [-0.2, -0.15) is 0 Å². The molecule has 1 N–H and O–H groups in total. The molecule has 1 fully saturated rings. The zero-order valence-electron chi connectivity index (χ0n) is 17.9. The van der Waals surface area contributed by atoms with E-state index in [1.54, 1.807) is 35.6 Å². The van der Waals surface area contributed by atoms with E-state index in [1.807, 2.05) is 24.4 Å². The highest BCUT2D eigenvalue weighted by Crippen LogP contribution is 2.23. The van der Waals surface area contributed by atoms with Gasteiger partial charge in [-0.1, -0.05) is 18.2 Å². The molecule has 1 aromatic heterocycles. The number of carbonyl (C=O) groups is 1. The first kappa shape index (κ1) is 22.4. The quantitative estimate of drug-likeness (QED) is 0.557. The predicted molar refractivity (Wildman–Crippen MR) is 121 cm³/mol. The fourth-order valence-corrected chi connectivity index (χ4v) is 4.31. The van der Waals surface area contributed by atoms with Gasteiger partial charge in [-0.05, 0) is 42.8 Å². The third-order valence-corrected chi connectivity index (χ3v) is 6.15. The van der Waals surface area contributed by atoms with Gasteiger partial charge in [-0.3, -0.25) is 9.69 Å². The van der Waals surface area contributed by atoms with E-state index < -0.39 is 0 Å². The van der Waals surface area contributed by atoms with Crippen LogP contribution in [0.1, 0.15) is 32.7 Å². The average Bonchev–Trinajstić information content (AvgIpc) is 3.24. The molecule has 1 aliphatic heterocycles. The summed E-state index contributed by atoms with van der Waals surface area (Å²) in [5, 5.41) is 5.96. The Hall–Kier alpha value is -2.81. The smallest absolute Gasteiger partial charge is 0.251 e. The Balaban J connectivity index is 1.41. The topological polar surface area (TPSA) is 63.7 Å². The molecule has 6 nitrogen and oxygen atoms in total. The second-order valence-electron chi connectivity index (χ2n) is 7.60. The summed E-state index contributed by atoms with van der Waals surface area (Å²) in [5.41, 5.74) is 2.21. The summed E-state index contributed by atoms with van der Waals surface area (Å²) < 4.78 is 25.1. The summed E-state index contributed by atoms with van der Waals surface area (Å²) in [4.78, 5) is 19.5. The van der Waals surface area contributed by atoms with E-state index in [4.69, 9.17) is 9.47 Å². The van der Waals surface area contributed by atoms with Crippen molar-refractivity contribution in [1.82, 2.24) is 15.2 Å². The largest absolute Gasteiger partial charge is 0.487 e. The maximum Gasteiger partial charge on any atom is 0.251 e. The minimum atomic E-state index is -0.285. The number of morpholine rings is 1. The SMILES string of the molecule is Cc1nc(COc2cccc(C(=O)NCC(c3cccc(F)c3)N3CCOCC3)c2)cs1. The molecular formula is C24H26FN3O3S. The molecule has 0 saturated carbocycles. The molecule has 1 atom stereocenters. The molecule has 0 bridgehead atoms. The number of thiazole rings is 1. The van der Waals surface area contributed by atoms with Crippen LogP contribution >= 0.6 is 11.3 Å². The van der Waals surface area contributed by atoms with Crippen LogP contribution in [0.5, 0.6) is 5.75 Å². The monoisotopic (exact) mass is 455 g/mol. The average molecular weight is 456 g/mol. The molecule has 0 aliphatic carbocycles. The van der Waals surface area contributed by atoms with Crippen LogP contribution in [0.4, 0.5) is 4.39 Å². The molecule has 32 heavy (non-hydrogen) atoms. The van der Waals surface area contributed by atoms with Crippen molar-refractivity contribution in [1.29, 1.82) is 0 Å². The normalized spacial score (nSPS) is 15.3. The van der Waals surface area contributed by atoms with Crippen LogP contribution in [0, 0.1) is 12.7 Å². The van der Waals surface area contributed by atoms with Crippen molar-refractivity contribution in [2.45, 2.75) is 19.6 Å². The molecule has 2 heterocycles. The molecule has 1 amide bonds. The Bertz CT molecular complexity index is 1050. The second-order valence-corrected chi connectivity index (χ2v) is 8.67. The Morgan fingerprint density at radius 3 is 2.81 bits per heavy atom.